The van der Waals surface area contributed by atoms with Gasteiger partial charge in [-0.25, -0.2) is 4.39 Å². The second-order valence-electron chi connectivity index (χ2n) is 5.76. The lowest BCUT2D eigenvalue weighted by Gasteiger charge is -2.17. The third-order valence-corrected chi connectivity index (χ3v) is 4.04. The Bertz CT molecular complexity index is 417. The second kappa shape index (κ2) is 7.63. The minimum absolute atomic E-state index is 0.257. The van der Waals surface area contributed by atoms with Crippen molar-refractivity contribution in [2.75, 3.05) is 13.7 Å². The number of halogens is 1. The summed E-state index contributed by atoms with van der Waals surface area (Å²) in [6.45, 7) is 3.31. The number of methoxy groups -OCH3 is 1. The summed E-state index contributed by atoms with van der Waals surface area (Å²) in [5, 5.41) is 3.65. The molecule has 0 spiro atoms. The Balaban J connectivity index is 1.77. The van der Waals surface area contributed by atoms with Gasteiger partial charge in [-0.3, -0.25) is 0 Å². The molecule has 3 heteroatoms. The van der Waals surface area contributed by atoms with E-state index in [0.29, 0.717) is 11.8 Å². The molecule has 1 fully saturated rings. The van der Waals surface area contributed by atoms with Gasteiger partial charge in [0.25, 0.3) is 0 Å². The van der Waals surface area contributed by atoms with Crippen LogP contribution in [0.3, 0.4) is 0 Å². The van der Waals surface area contributed by atoms with Gasteiger partial charge in [-0.15, -0.1) is 0 Å². The molecule has 0 aromatic heterocycles. The molecule has 0 amide bonds. The summed E-state index contributed by atoms with van der Waals surface area (Å²) in [5.74, 6) is 0.955. The van der Waals surface area contributed by atoms with Crippen molar-refractivity contribution in [2.24, 2.45) is 5.92 Å². The molecule has 112 valence electrons. The van der Waals surface area contributed by atoms with E-state index in [4.69, 9.17) is 4.74 Å². The van der Waals surface area contributed by atoms with Crippen LogP contribution in [0.25, 0.3) is 0 Å². The predicted molar refractivity (Wildman–Crippen MR) is 80.7 cm³/mol. The van der Waals surface area contributed by atoms with Gasteiger partial charge in [-0.05, 0) is 68.7 Å². The van der Waals surface area contributed by atoms with Crippen LogP contribution in [0.4, 0.5) is 4.39 Å². The van der Waals surface area contributed by atoms with E-state index >= 15 is 0 Å². The molecule has 1 saturated carbocycles. The first-order valence-corrected chi connectivity index (χ1v) is 7.80. The maximum Gasteiger partial charge on any atom is 0.165 e. The normalized spacial score (nSPS) is 16.1. The maximum atomic E-state index is 13.6. The van der Waals surface area contributed by atoms with Gasteiger partial charge >= 0.3 is 0 Å². The highest BCUT2D eigenvalue weighted by molar-refractivity contribution is 5.29. The topological polar surface area (TPSA) is 21.3 Å². The molecule has 1 aliphatic carbocycles. The molecule has 2 rings (SSSR count). The van der Waals surface area contributed by atoms with Gasteiger partial charge in [-0.1, -0.05) is 13.0 Å². The van der Waals surface area contributed by atoms with E-state index < -0.39 is 0 Å². The Morgan fingerprint density at radius 2 is 2.20 bits per heavy atom. The third-order valence-electron chi connectivity index (χ3n) is 4.04. The van der Waals surface area contributed by atoms with E-state index in [0.717, 1.165) is 30.9 Å². The first kappa shape index (κ1) is 15.3. The minimum atomic E-state index is -0.257. The van der Waals surface area contributed by atoms with Gasteiger partial charge in [-0.2, -0.15) is 0 Å². The lowest BCUT2D eigenvalue weighted by molar-refractivity contribution is 0.386. The number of hydrogen-bond donors (Lipinski definition) is 1. The van der Waals surface area contributed by atoms with Gasteiger partial charge in [0.15, 0.2) is 11.6 Å². The Hall–Kier alpha value is -1.09. The fourth-order valence-electron chi connectivity index (χ4n) is 2.72. The van der Waals surface area contributed by atoms with Crippen LogP contribution in [0, 0.1) is 11.7 Å². The minimum Gasteiger partial charge on any atom is -0.494 e. The third kappa shape index (κ3) is 4.48. The molecule has 0 heterocycles. The largest absolute Gasteiger partial charge is 0.494 e. The van der Waals surface area contributed by atoms with Gasteiger partial charge in [0.1, 0.15) is 0 Å². The first-order valence-electron chi connectivity index (χ1n) is 7.80. The summed E-state index contributed by atoms with van der Waals surface area (Å²) >= 11 is 0. The van der Waals surface area contributed by atoms with Crippen molar-refractivity contribution >= 4 is 0 Å². The Kier molecular flexibility index (Phi) is 5.84. The number of nitrogens with one attached hydrogen (secondary N) is 1. The number of benzene rings is 1. The van der Waals surface area contributed by atoms with Gasteiger partial charge < -0.3 is 10.1 Å². The van der Waals surface area contributed by atoms with Crippen LogP contribution in [-0.2, 0) is 6.42 Å². The van der Waals surface area contributed by atoms with E-state index in [1.54, 1.807) is 12.1 Å². The zero-order valence-corrected chi connectivity index (χ0v) is 12.6. The zero-order valence-electron chi connectivity index (χ0n) is 12.6. The molecule has 20 heavy (non-hydrogen) atoms. The number of hydrogen-bond acceptors (Lipinski definition) is 2. The Morgan fingerprint density at radius 1 is 1.40 bits per heavy atom. The summed E-state index contributed by atoms with van der Waals surface area (Å²) in [6.07, 6.45) is 7.18. The summed E-state index contributed by atoms with van der Waals surface area (Å²) in [5.41, 5.74) is 1.06. The molecule has 1 atom stereocenters. The SMILES string of the molecule is CCCNC(CCCc1ccc(OC)c(F)c1)C1CC1. The fraction of sp³-hybridized carbons (Fsp3) is 0.647. The first-order chi connectivity index (χ1) is 9.74. The average Bonchev–Trinajstić information content (AvgIpc) is 3.27. The van der Waals surface area contributed by atoms with Crippen molar-refractivity contribution < 1.29 is 9.13 Å². The molecular weight excluding hydrogens is 253 g/mol. The summed E-state index contributed by atoms with van der Waals surface area (Å²) < 4.78 is 18.5. The molecular formula is C17H26FNO. The fourth-order valence-corrected chi connectivity index (χ4v) is 2.72. The number of aryl methyl sites for hydroxylation is 1. The van der Waals surface area contributed by atoms with Gasteiger partial charge in [0, 0.05) is 6.04 Å². The molecule has 1 aromatic rings. The van der Waals surface area contributed by atoms with E-state index in [9.17, 15) is 4.39 Å². The predicted octanol–water partition coefficient (Wildman–Crippen LogP) is 3.94. The molecule has 0 bridgehead atoms. The Labute approximate surface area is 121 Å². The van der Waals surface area contributed by atoms with Crippen molar-refractivity contribution in [1.29, 1.82) is 0 Å². The van der Waals surface area contributed by atoms with Crippen LogP contribution in [0.5, 0.6) is 5.75 Å². The quantitative estimate of drug-likeness (QED) is 0.739. The van der Waals surface area contributed by atoms with Gasteiger partial charge in [0.2, 0.25) is 0 Å². The van der Waals surface area contributed by atoms with E-state index in [1.165, 1.54) is 32.8 Å². The highest BCUT2D eigenvalue weighted by Crippen LogP contribution is 2.34. The van der Waals surface area contributed by atoms with E-state index in [2.05, 4.69) is 12.2 Å². The van der Waals surface area contributed by atoms with Crippen molar-refractivity contribution in [3.05, 3.63) is 29.6 Å². The molecule has 1 aliphatic rings. The maximum absolute atomic E-state index is 13.6. The Morgan fingerprint density at radius 3 is 2.80 bits per heavy atom. The molecule has 1 unspecified atom stereocenters. The average molecular weight is 279 g/mol. The smallest absolute Gasteiger partial charge is 0.165 e. The molecule has 1 N–H and O–H groups in total. The van der Waals surface area contributed by atoms with Crippen LogP contribution < -0.4 is 10.1 Å². The summed E-state index contributed by atoms with van der Waals surface area (Å²) in [7, 11) is 1.50. The molecule has 0 radical (unpaired) electrons. The van der Waals surface area contributed by atoms with Crippen molar-refractivity contribution in [3.8, 4) is 5.75 Å². The lowest BCUT2D eigenvalue weighted by Crippen LogP contribution is -2.31. The van der Waals surface area contributed by atoms with Crippen LogP contribution in [0.1, 0.15) is 44.6 Å². The highest BCUT2D eigenvalue weighted by Gasteiger charge is 2.29. The zero-order chi connectivity index (χ0) is 14.4. The van der Waals surface area contributed by atoms with Crippen LogP contribution in [0.2, 0.25) is 0 Å². The summed E-state index contributed by atoms with van der Waals surface area (Å²) in [6, 6.07) is 5.95. The van der Waals surface area contributed by atoms with Crippen LogP contribution in [0.15, 0.2) is 18.2 Å². The van der Waals surface area contributed by atoms with Crippen LogP contribution >= 0.6 is 0 Å². The number of rotatable bonds is 9. The molecule has 1 aromatic carbocycles. The lowest BCUT2D eigenvalue weighted by atomic mass is 10.0. The second-order valence-corrected chi connectivity index (χ2v) is 5.76. The van der Waals surface area contributed by atoms with Crippen molar-refractivity contribution in [3.63, 3.8) is 0 Å². The highest BCUT2D eigenvalue weighted by atomic mass is 19.1. The van der Waals surface area contributed by atoms with E-state index in [-0.39, 0.29) is 5.82 Å². The van der Waals surface area contributed by atoms with Gasteiger partial charge in [0.05, 0.1) is 7.11 Å². The monoisotopic (exact) mass is 279 g/mol. The molecule has 2 nitrogen and oxygen atoms in total. The summed E-state index contributed by atoms with van der Waals surface area (Å²) in [4.78, 5) is 0. The van der Waals surface area contributed by atoms with Crippen molar-refractivity contribution in [2.45, 2.75) is 51.5 Å². The number of ether oxygens (including phenoxy) is 1. The van der Waals surface area contributed by atoms with Crippen LogP contribution in [-0.4, -0.2) is 19.7 Å². The standard InChI is InChI=1S/C17H26FNO/c1-3-11-19-16(14-8-9-14)6-4-5-13-7-10-17(20-2)15(18)12-13/h7,10,12,14,16,19H,3-6,8-9,11H2,1-2H3. The van der Waals surface area contributed by atoms with E-state index in [1.807, 2.05) is 6.07 Å². The van der Waals surface area contributed by atoms with Crippen molar-refractivity contribution in [1.82, 2.24) is 5.32 Å². The molecule has 0 saturated heterocycles. The molecule has 0 aliphatic heterocycles.